The smallest absolute Gasteiger partial charge is 0.258 e. The van der Waals surface area contributed by atoms with Gasteiger partial charge in [-0.3, -0.25) is 14.4 Å². The summed E-state index contributed by atoms with van der Waals surface area (Å²) in [4.78, 5) is 46.8. The van der Waals surface area contributed by atoms with E-state index in [2.05, 4.69) is 15.3 Å². The first-order chi connectivity index (χ1) is 15.4. The molecule has 8 heteroatoms. The van der Waals surface area contributed by atoms with Gasteiger partial charge < -0.3 is 15.2 Å². The van der Waals surface area contributed by atoms with Gasteiger partial charge in [0.15, 0.2) is 0 Å². The molecule has 0 aliphatic carbocycles. The van der Waals surface area contributed by atoms with Gasteiger partial charge in [-0.05, 0) is 55.7 Å². The summed E-state index contributed by atoms with van der Waals surface area (Å²) in [5, 5.41) is 3.50. The van der Waals surface area contributed by atoms with E-state index >= 15 is 0 Å². The Balaban J connectivity index is 1.35. The third kappa shape index (κ3) is 4.85. The SMILES string of the molecule is Cc1ccc(NC(=O)C2CSCN2C(=O)CCCc2nc3ccccc3c(=O)[nH]2)cc1C. The van der Waals surface area contributed by atoms with Crippen LogP contribution in [0.1, 0.15) is 29.8 Å². The maximum atomic E-state index is 12.8. The van der Waals surface area contributed by atoms with Crippen LogP contribution in [-0.4, -0.2) is 44.4 Å². The number of nitrogens with zero attached hydrogens (tertiary/aromatic N) is 2. The molecule has 2 aromatic carbocycles. The van der Waals surface area contributed by atoms with E-state index < -0.39 is 6.04 Å². The second-order valence-corrected chi connectivity index (χ2v) is 9.05. The predicted molar refractivity (Wildman–Crippen MR) is 128 cm³/mol. The lowest BCUT2D eigenvalue weighted by Gasteiger charge is -2.23. The van der Waals surface area contributed by atoms with Crippen molar-refractivity contribution in [2.75, 3.05) is 16.9 Å². The average Bonchev–Trinajstić information content (AvgIpc) is 3.27. The Hall–Kier alpha value is -3.13. The van der Waals surface area contributed by atoms with Crippen LogP contribution in [0.2, 0.25) is 0 Å². The molecule has 2 amide bonds. The Morgan fingerprint density at radius 1 is 1.19 bits per heavy atom. The van der Waals surface area contributed by atoms with Crippen LogP contribution in [-0.2, 0) is 16.0 Å². The molecule has 1 fully saturated rings. The van der Waals surface area contributed by atoms with Crippen molar-refractivity contribution in [2.45, 2.75) is 39.2 Å². The fraction of sp³-hybridized carbons (Fsp3) is 0.333. The minimum absolute atomic E-state index is 0.0571. The molecular formula is C24H26N4O3S. The number of amides is 2. The second kappa shape index (κ2) is 9.56. The molecule has 0 spiro atoms. The quantitative estimate of drug-likeness (QED) is 0.600. The lowest BCUT2D eigenvalue weighted by Crippen LogP contribution is -2.44. The second-order valence-electron chi connectivity index (χ2n) is 8.05. The lowest BCUT2D eigenvalue weighted by molar-refractivity contribution is -0.136. The summed E-state index contributed by atoms with van der Waals surface area (Å²) in [7, 11) is 0. The van der Waals surface area contributed by atoms with E-state index in [4.69, 9.17) is 0 Å². The number of H-pyrrole nitrogens is 1. The molecule has 1 aliphatic rings. The van der Waals surface area contributed by atoms with Crippen LogP contribution >= 0.6 is 11.8 Å². The van der Waals surface area contributed by atoms with E-state index in [1.807, 2.05) is 38.1 Å². The van der Waals surface area contributed by atoms with Crippen LogP contribution in [0.5, 0.6) is 0 Å². The van der Waals surface area contributed by atoms with Crippen molar-refractivity contribution in [3.8, 4) is 0 Å². The number of carbonyl (C=O) groups is 2. The monoisotopic (exact) mass is 450 g/mol. The number of nitrogens with one attached hydrogen (secondary N) is 2. The molecule has 1 aromatic heterocycles. The number of para-hydroxylation sites is 1. The van der Waals surface area contributed by atoms with Crippen molar-refractivity contribution >= 4 is 40.2 Å². The Kier molecular flexibility index (Phi) is 6.60. The third-order valence-corrected chi connectivity index (χ3v) is 6.76. The number of benzene rings is 2. The van der Waals surface area contributed by atoms with E-state index in [0.29, 0.717) is 47.6 Å². The van der Waals surface area contributed by atoms with Gasteiger partial charge in [0, 0.05) is 24.3 Å². The van der Waals surface area contributed by atoms with Gasteiger partial charge in [-0.15, -0.1) is 11.8 Å². The summed E-state index contributed by atoms with van der Waals surface area (Å²) in [5.74, 6) is 1.45. The van der Waals surface area contributed by atoms with Gasteiger partial charge in [0.25, 0.3) is 5.56 Å². The molecule has 0 bridgehead atoms. The van der Waals surface area contributed by atoms with Crippen molar-refractivity contribution in [1.82, 2.24) is 14.9 Å². The van der Waals surface area contributed by atoms with Gasteiger partial charge in [-0.25, -0.2) is 4.98 Å². The Bertz CT molecular complexity index is 1220. The molecule has 2 N–H and O–H groups in total. The van der Waals surface area contributed by atoms with E-state index in [0.717, 1.165) is 11.3 Å². The zero-order valence-electron chi connectivity index (χ0n) is 18.2. The molecule has 2 heterocycles. The first kappa shape index (κ1) is 22.1. The standard InChI is InChI=1S/C24H26N4O3S/c1-15-10-11-17(12-16(15)2)25-24(31)20-13-32-14-28(20)22(29)9-5-8-21-26-19-7-4-3-6-18(19)23(30)27-21/h3-4,6-7,10-12,20H,5,8-9,13-14H2,1-2H3,(H,25,31)(H,26,27,30). The first-order valence-corrected chi connectivity index (χ1v) is 11.8. The molecule has 4 rings (SSSR count). The summed E-state index contributed by atoms with van der Waals surface area (Å²) in [6, 6.07) is 12.5. The van der Waals surface area contributed by atoms with Gasteiger partial charge >= 0.3 is 0 Å². The minimum Gasteiger partial charge on any atom is -0.324 e. The molecule has 1 unspecified atom stereocenters. The van der Waals surface area contributed by atoms with E-state index in [-0.39, 0.29) is 17.4 Å². The summed E-state index contributed by atoms with van der Waals surface area (Å²) in [6.07, 6.45) is 1.34. The number of fused-ring (bicyclic) bond motifs is 1. The summed E-state index contributed by atoms with van der Waals surface area (Å²) in [5.41, 5.74) is 3.50. The zero-order valence-corrected chi connectivity index (χ0v) is 19.0. The van der Waals surface area contributed by atoms with E-state index in [1.165, 1.54) is 5.56 Å². The first-order valence-electron chi connectivity index (χ1n) is 10.7. The van der Waals surface area contributed by atoms with Crippen LogP contribution in [0.3, 0.4) is 0 Å². The van der Waals surface area contributed by atoms with Crippen LogP contribution in [0.15, 0.2) is 47.3 Å². The number of aromatic amines is 1. The van der Waals surface area contributed by atoms with E-state index in [9.17, 15) is 14.4 Å². The molecule has 0 radical (unpaired) electrons. The lowest BCUT2D eigenvalue weighted by atomic mass is 10.1. The molecule has 1 saturated heterocycles. The van der Waals surface area contributed by atoms with Crippen LogP contribution in [0, 0.1) is 13.8 Å². The number of anilines is 1. The molecule has 0 saturated carbocycles. The predicted octanol–water partition coefficient (Wildman–Crippen LogP) is 3.40. The largest absolute Gasteiger partial charge is 0.324 e. The molecule has 7 nitrogen and oxygen atoms in total. The topological polar surface area (TPSA) is 95.2 Å². The Labute approximate surface area is 190 Å². The van der Waals surface area contributed by atoms with Gasteiger partial charge in [-0.1, -0.05) is 18.2 Å². The molecule has 32 heavy (non-hydrogen) atoms. The maximum Gasteiger partial charge on any atom is 0.258 e. The molecule has 3 aromatic rings. The van der Waals surface area contributed by atoms with Gasteiger partial charge in [0.2, 0.25) is 11.8 Å². The Morgan fingerprint density at radius 3 is 2.81 bits per heavy atom. The number of carbonyl (C=O) groups excluding carboxylic acids is 2. The fourth-order valence-corrected chi connectivity index (χ4v) is 4.93. The van der Waals surface area contributed by atoms with Crippen molar-refractivity contribution < 1.29 is 9.59 Å². The number of aromatic nitrogens is 2. The molecule has 1 atom stereocenters. The summed E-state index contributed by atoms with van der Waals surface area (Å²) >= 11 is 1.58. The van der Waals surface area contributed by atoms with Crippen molar-refractivity contribution in [1.29, 1.82) is 0 Å². The number of aryl methyl sites for hydroxylation is 3. The fourth-order valence-electron chi connectivity index (χ4n) is 3.75. The molecule has 166 valence electrons. The van der Waals surface area contributed by atoms with Gasteiger partial charge in [0.1, 0.15) is 11.9 Å². The third-order valence-electron chi connectivity index (χ3n) is 5.75. The van der Waals surface area contributed by atoms with Gasteiger partial charge in [-0.2, -0.15) is 0 Å². The summed E-state index contributed by atoms with van der Waals surface area (Å²) < 4.78 is 0. The highest BCUT2D eigenvalue weighted by Crippen LogP contribution is 2.24. The van der Waals surface area contributed by atoms with Crippen molar-refractivity contribution in [2.24, 2.45) is 0 Å². The highest BCUT2D eigenvalue weighted by atomic mass is 32.2. The highest BCUT2D eigenvalue weighted by molar-refractivity contribution is 7.99. The van der Waals surface area contributed by atoms with Crippen molar-refractivity contribution in [3.63, 3.8) is 0 Å². The zero-order chi connectivity index (χ0) is 22.7. The van der Waals surface area contributed by atoms with Gasteiger partial charge in [0.05, 0.1) is 16.8 Å². The normalized spacial score (nSPS) is 15.8. The molecule has 1 aliphatic heterocycles. The van der Waals surface area contributed by atoms with Crippen LogP contribution < -0.4 is 10.9 Å². The maximum absolute atomic E-state index is 12.8. The van der Waals surface area contributed by atoms with Crippen molar-refractivity contribution in [3.05, 3.63) is 69.8 Å². The van der Waals surface area contributed by atoms with Crippen LogP contribution in [0.25, 0.3) is 10.9 Å². The minimum atomic E-state index is -0.479. The Morgan fingerprint density at radius 2 is 2.00 bits per heavy atom. The summed E-state index contributed by atoms with van der Waals surface area (Å²) in [6.45, 7) is 4.03. The van der Waals surface area contributed by atoms with E-state index in [1.54, 1.807) is 34.9 Å². The molecular weight excluding hydrogens is 424 g/mol. The average molecular weight is 451 g/mol. The number of hydrogen-bond donors (Lipinski definition) is 2. The van der Waals surface area contributed by atoms with Crippen LogP contribution in [0.4, 0.5) is 5.69 Å². The highest BCUT2D eigenvalue weighted by Gasteiger charge is 2.34. The number of thioether (sulfide) groups is 1. The number of rotatable bonds is 6. The number of hydrogen-bond acceptors (Lipinski definition) is 5.